The third-order valence-electron chi connectivity index (χ3n) is 5.64. The molecular weight excluding hydrogens is 452 g/mol. The number of aromatic amines is 1. The maximum absolute atomic E-state index is 13.6. The quantitative estimate of drug-likeness (QED) is 0.409. The predicted octanol–water partition coefficient (Wildman–Crippen LogP) is 4.24. The molecule has 4 aromatic rings. The van der Waals surface area contributed by atoms with Crippen molar-refractivity contribution in [3.05, 3.63) is 99.8 Å². The van der Waals surface area contributed by atoms with Gasteiger partial charge < -0.3 is 14.5 Å². The minimum absolute atomic E-state index is 0.0838. The van der Waals surface area contributed by atoms with E-state index in [1.807, 2.05) is 37.3 Å². The van der Waals surface area contributed by atoms with Gasteiger partial charge in [-0.25, -0.2) is 8.42 Å². The number of aromatic nitrogens is 1. The van der Waals surface area contributed by atoms with E-state index in [1.165, 1.54) is 23.5 Å². The molecule has 1 N–H and O–H groups in total. The average Bonchev–Trinajstić information content (AvgIpc) is 2.84. The van der Waals surface area contributed by atoms with E-state index in [0.717, 1.165) is 16.5 Å². The Balaban J connectivity index is 1.75. The van der Waals surface area contributed by atoms with Gasteiger partial charge in [-0.2, -0.15) is 4.31 Å². The Bertz CT molecular complexity index is 1460. The van der Waals surface area contributed by atoms with Gasteiger partial charge in [0.05, 0.1) is 19.1 Å². The van der Waals surface area contributed by atoms with Gasteiger partial charge in [0, 0.05) is 24.2 Å². The molecule has 8 heteroatoms. The normalized spacial score (nSPS) is 11.6. The van der Waals surface area contributed by atoms with E-state index >= 15 is 0 Å². The van der Waals surface area contributed by atoms with Gasteiger partial charge in [0.2, 0.25) is 10.0 Å². The smallest absolute Gasteiger partial charge is 0.252 e. The van der Waals surface area contributed by atoms with E-state index in [2.05, 4.69) is 4.98 Å². The van der Waals surface area contributed by atoms with Crippen molar-refractivity contribution < 1.29 is 17.9 Å². The number of nitrogens with zero attached hydrogens (tertiary/aromatic N) is 1. The highest BCUT2D eigenvalue weighted by Gasteiger charge is 2.26. The summed E-state index contributed by atoms with van der Waals surface area (Å²) in [5.41, 5.74) is 2.56. The van der Waals surface area contributed by atoms with Crippen molar-refractivity contribution in [1.29, 1.82) is 0 Å². The lowest BCUT2D eigenvalue weighted by molar-refractivity contribution is 0.397. The SMILES string of the molecule is COc1ccc(CN(Cc2cc3ccc(C)cc3[nH]c2=O)S(=O)(=O)c2ccc(OC)cc2)cc1. The fourth-order valence-electron chi connectivity index (χ4n) is 3.72. The van der Waals surface area contributed by atoms with Crippen LogP contribution in [0.2, 0.25) is 0 Å². The molecule has 0 radical (unpaired) electrons. The van der Waals surface area contributed by atoms with Crippen LogP contribution in [0.3, 0.4) is 0 Å². The van der Waals surface area contributed by atoms with Crippen LogP contribution in [0.25, 0.3) is 10.9 Å². The Labute approximate surface area is 198 Å². The Morgan fingerprint density at radius 1 is 0.824 bits per heavy atom. The number of hydrogen-bond acceptors (Lipinski definition) is 5. The summed E-state index contributed by atoms with van der Waals surface area (Å²) in [6.07, 6.45) is 0. The number of ether oxygens (including phenoxy) is 2. The number of sulfonamides is 1. The van der Waals surface area contributed by atoms with Crippen molar-refractivity contribution in [3.8, 4) is 11.5 Å². The second-order valence-electron chi connectivity index (χ2n) is 8.01. The Morgan fingerprint density at radius 3 is 2.06 bits per heavy atom. The van der Waals surface area contributed by atoms with Crippen LogP contribution in [0.15, 0.2) is 82.5 Å². The monoisotopic (exact) mass is 478 g/mol. The molecule has 0 aliphatic heterocycles. The fraction of sp³-hybridized carbons (Fsp3) is 0.192. The molecule has 34 heavy (non-hydrogen) atoms. The van der Waals surface area contributed by atoms with Crippen molar-refractivity contribution in [1.82, 2.24) is 9.29 Å². The van der Waals surface area contributed by atoms with Crippen LogP contribution in [0, 0.1) is 6.92 Å². The number of aryl methyl sites for hydroxylation is 1. The standard InChI is InChI=1S/C26H26N2O5S/c1-18-4-7-20-15-21(26(29)27-25(20)14-18)17-28(16-19-5-8-22(32-2)9-6-19)34(30,31)24-12-10-23(33-3)11-13-24/h4-15H,16-17H2,1-3H3,(H,27,29). The van der Waals surface area contributed by atoms with Gasteiger partial charge in [-0.05, 0) is 72.0 Å². The lowest BCUT2D eigenvalue weighted by Gasteiger charge is -2.23. The molecule has 7 nitrogen and oxygen atoms in total. The van der Waals surface area contributed by atoms with Crippen LogP contribution in [0.4, 0.5) is 0 Å². The molecule has 1 aromatic heterocycles. The largest absolute Gasteiger partial charge is 0.497 e. The van der Waals surface area contributed by atoms with Crippen LogP contribution in [0.5, 0.6) is 11.5 Å². The van der Waals surface area contributed by atoms with Gasteiger partial charge in [-0.15, -0.1) is 0 Å². The minimum atomic E-state index is -3.92. The van der Waals surface area contributed by atoms with E-state index in [0.29, 0.717) is 22.6 Å². The summed E-state index contributed by atoms with van der Waals surface area (Å²) in [7, 11) is -0.828. The molecule has 0 aliphatic carbocycles. The summed E-state index contributed by atoms with van der Waals surface area (Å²) in [6.45, 7) is 1.95. The first-order valence-corrected chi connectivity index (χ1v) is 12.1. The second-order valence-corrected chi connectivity index (χ2v) is 9.95. The van der Waals surface area contributed by atoms with Gasteiger partial charge >= 0.3 is 0 Å². The highest BCUT2D eigenvalue weighted by Crippen LogP contribution is 2.24. The average molecular weight is 479 g/mol. The second kappa shape index (κ2) is 9.70. The molecule has 0 fully saturated rings. The van der Waals surface area contributed by atoms with Crippen molar-refractivity contribution in [3.63, 3.8) is 0 Å². The molecule has 0 atom stereocenters. The number of pyridine rings is 1. The Kier molecular flexibility index (Phi) is 6.72. The lowest BCUT2D eigenvalue weighted by Crippen LogP contribution is -2.32. The number of rotatable bonds is 8. The molecule has 0 amide bonds. The highest BCUT2D eigenvalue weighted by molar-refractivity contribution is 7.89. The summed E-state index contributed by atoms with van der Waals surface area (Å²) in [6, 6.07) is 20.9. The van der Waals surface area contributed by atoms with Crippen molar-refractivity contribution in [2.24, 2.45) is 0 Å². The van der Waals surface area contributed by atoms with Crippen LogP contribution in [-0.4, -0.2) is 31.9 Å². The predicted molar refractivity (Wildman–Crippen MR) is 132 cm³/mol. The van der Waals surface area contributed by atoms with E-state index in [1.54, 1.807) is 37.4 Å². The first kappa shape index (κ1) is 23.5. The van der Waals surface area contributed by atoms with Crippen molar-refractivity contribution >= 4 is 20.9 Å². The number of nitrogens with one attached hydrogen (secondary N) is 1. The summed E-state index contributed by atoms with van der Waals surface area (Å²) in [4.78, 5) is 15.9. The van der Waals surface area contributed by atoms with E-state index in [4.69, 9.17) is 9.47 Å². The van der Waals surface area contributed by atoms with Crippen LogP contribution in [0.1, 0.15) is 16.7 Å². The molecule has 3 aromatic carbocycles. The topological polar surface area (TPSA) is 88.7 Å². The molecule has 1 heterocycles. The molecule has 4 rings (SSSR count). The van der Waals surface area contributed by atoms with Crippen LogP contribution in [-0.2, 0) is 23.1 Å². The number of fused-ring (bicyclic) bond motifs is 1. The molecule has 0 spiro atoms. The molecule has 0 saturated carbocycles. The Hall–Kier alpha value is -3.62. The molecule has 0 saturated heterocycles. The maximum atomic E-state index is 13.6. The minimum Gasteiger partial charge on any atom is -0.497 e. The Morgan fingerprint density at radius 2 is 1.44 bits per heavy atom. The zero-order valence-corrected chi connectivity index (χ0v) is 20.1. The third kappa shape index (κ3) is 4.98. The molecule has 0 bridgehead atoms. The number of H-pyrrole nitrogens is 1. The summed E-state index contributed by atoms with van der Waals surface area (Å²) < 4.78 is 38.9. The number of hydrogen-bond donors (Lipinski definition) is 1. The van der Waals surface area contributed by atoms with Crippen molar-refractivity contribution in [2.75, 3.05) is 14.2 Å². The molecule has 0 aliphatic rings. The van der Waals surface area contributed by atoms with Gasteiger partial charge in [0.1, 0.15) is 11.5 Å². The molecule has 176 valence electrons. The van der Waals surface area contributed by atoms with Gasteiger partial charge in [0.15, 0.2) is 0 Å². The van der Waals surface area contributed by atoms with E-state index in [-0.39, 0.29) is 23.5 Å². The number of methoxy groups -OCH3 is 2. The van der Waals surface area contributed by atoms with Gasteiger partial charge in [-0.1, -0.05) is 24.3 Å². The van der Waals surface area contributed by atoms with Crippen LogP contribution >= 0.6 is 0 Å². The summed E-state index contributed by atoms with van der Waals surface area (Å²) >= 11 is 0. The fourth-order valence-corrected chi connectivity index (χ4v) is 5.13. The highest BCUT2D eigenvalue weighted by atomic mass is 32.2. The molecular formula is C26H26N2O5S. The zero-order chi connectivity index (χ0) is 24.3. The van der Waals surface area contributed by atoms with Gasteiger partial charge in [0.25, 0.3) is 5.56 Å². The van der Waals surface area contributed by atoms with Crippen molar-refractivity contribution in [2.45, 2.75) is 24.9 Å². The maximum Gasteiger partial charge on any atom is 0.252 e. The number of benzene rings is 3. The van der Waals surface area contributed by atoms with E-state index in [9.17, 15) is 13.2 Å². The van der Waals surface area contributed by atoms with Gasteiger partial charge in [-0.3, -0.25) is 4.79 Å². The molecule has 0 unspecified atom stereocenters. The lowest BCUT2D eigenvalue weighted by atomic mass is 10.1. The summed E-state index contributed by atoms with van der Waals surface area (Å²) in [5, 5.41) is 0.839. The third-order valence-corrected chi connectivity index (χ3v) is 7.45. The zero-order valence-electron chi connectivity index (χ0n) is 19.2. The summed E-state index contributed by atoms with van der Waals surface area (Å²) in [5.74, 6) is 1.23. The first-order valence-electron chi connectivity index (χ1n) is 10.7. The van der Waals surface area contributed by atoms with Crippen LogP contribution < -0.4 is 15.0 Å². The van der Waals surface area contributed by atoms with E-state index < -0.39 is 10.0 Å². The first-order chi connectivity index (χ1) is 16.3.